The Morgan fingerprint density at radius 2 is 1.79 bits per heavy atom. The monoisotopic (exact) mass is 390 g/mol. The number of fused-ring (bicyclic) bond motifs is 1. The van der Waals surface area contributed by atoms with E-state index in [1.54, 1.807) is 30.8 Å². The average Bonchev–Trinajstić information content (AvgIpc) is 2.79. The van der Waals surface area contributed by atoms with Crippen LogP contribution in [0.15, 0.2) is 47.4 Å². The van der Waals surface area contributed by atoms with Crippen LogP contribution in [0.5, 0.6) is 11.5 Å². The molecule has 3 heterocycles. The molecule has 1 aliphatic rings. The molecule has 0 unspecified atom stereocenters. The van der Waals surface area contributed by atoms with Gasteiger partial charge in [-0.05, 0) is 29.8 Å². The summed E-state index contributed by atoms with van der Waals surface area (Å²) < 4.78 is 12.2. The molecule has 29 heavy (non-hydrogen) atoms. The van der Waals surface area contributed by atoms with Crippen molar-refractivity contribution < 1.29 is 9.47 Å². The molecule has 0 atom stereocenters. The van der Waals surface area contributed by atoms with Crippen LogP contribution in [0.25, 0.3) is 16.6 Å². The standard InChI is InChI=1S/C22H22N4O3/c1-28-20-6-3-15(11-21(20)29-2)17-12-22(27)26-14-16(25-9-7-24-8-10-25)4-5-19(26)18(17)13-23/h3-6,11-12,14,24H,7-10H2,1-2H3. The molecule has 0 aliphatic carbocycles. The summed E-state index contributed by atoms with van der Waals surface area (Å²) >= 11 is 0. The molecule has 1 fully saturated rings. The van der Waals surface area contributed by atoms with Crippen LogP contribution in [0, 0.1) is 11.3 Å². The first kappa shape index (κ1) is 18.8. The van der Waals surface area contributed by atoms with Crippen LogP contribution in [0.3, 0.4) is 0 Å². The van der Waals surface area contributed by atoms with Crippen molar-refractivity contribution in [3.05, 3.63) is 58.5 Å². The molecule has 3 aromatic rings. The first-order valence-electron chi connectivity index (χ1n) is 9.44. The van der Waals surface area contributed by atoms with Gasteiger partial charge in [-0.2, -0.15) is 5.26 Å². The smallest absolute Gasteiger partial charge is 0.255 e. The van der Waals surface area contributed by atoms with E-state index in [0.717, 1.165) is 37.4 Å². The molecule has 0 spiro atoms. The van der Waals surface area contributed by atoms with Crippen LogP contribution >= 0.6 is 0 Å². The molecule has 0 amide bonds. The Bertz CT molecular complexity index is 1160. The molecule has 0 radical (unpaired) electrons. The van der Waals surface area contributed by atoms with E-state index < -0.39 is 0 Å². The van der Waals surface area contributed by atoms with Gasteiger partial charge < -0.3 is 19.7 Å². The normalized spacial score (nSPS) is 13.9. The fourth-order valence-corrected chi connectivity index (χ4v) is 3.74. The van der Waals surface area contributed by atoms with Gasteiger partial charge in [-0.15, -0.1) is 0 Å². The van der Waals surface area contributed by atoms with Crippen molar-refractivity contribution in [3.63, 3.8) is 0 Å². The number of methoxy groups -OCH3 is 2. The van der Waals surface area contributed by atoms with Gasteiger partial charge in [-0.25, -0.2) is 0 Å². The highest BCUT2D eigenvalue weighted by Gasteiger charge is 2.16. The first-order valence-corrected chi connectivity index (χ1v) is 9.44. The lowest BCUT2D eigenvalue weighted by Gasteiger charge is -2.29. The van der Waals surface area contributed by atoms with Gasteiger partial charge in [0.15, 0.2) is 11.5 Å². The van der Waals surface area contributed by atoms with Crippen LogP contribution in [-0.4, -0.2) is 44.8 Å². The van der Waals surface area contributed by atoms with Gasteiger partial charge in [0.05, 0.1) is 31.0 Å². The number of nitrogens with one attached hydrogen (secondary N) is 1. The molecule has 1 N–H and O–H groups in total. The number of hydrogen-bond donors (Lipinski definition) is 1. The highest BCUT2D eigenvalue weighted by atomic mass is 16.5. The number of pyridine rings is 2. The molecule has 1 aliphatic heterocycles. The van der Waals surface area contributed by atoms with Crippen molar-refractivity contribution in [2.24, 2.45) is 0 Å². The molecule has 1 aromatic carbocycles. The third-order valence-corrected chi connectivity index (χ3v) is 5.25. The molecule has 148 valence electrons. The molecule has 7 nitrogen and oxygen atoms in total. The van der Waals surface area contributed by atoms with Crippen molar-refractivity contribution in [2.45, 2.75) is 0 Å². The lowest BCUT2D eigenvalue weighted by Crippen LogP contribution is -2.43. The van der Waals surface area contributed by atoms with Crippen molar-refractivity contribution >= 4 is 11.2 Å². The highest BCUT2D eigenvalue weighted by Crippen LogP contribution is 2.34. The van der Waals surface area contributed by atoms with E-state index >= 15 is 0 Å². The minimum atomic E-state index is -0.180. The second-order valence-electron chi connectivity index (χ2n) is 6.83. The SMILES string of the molecule is COc1ccc(-c2cc(=O)n3cc(N4CCNCC4)ccc3c2C#N)cc1OC. The van der Waals surface area contributed by atoms with Gasteiger partial charge in [0, 0.05) is 44.0 Å². The summed E-state index contributed by atoms with van der Waals surface area (Å²) in [5.41, 5.74) is 3.13. The topological polar surface area (TPSA) is 79.0 Å². The Morgan fingerprint density at radius 1 is 1.03 bits per heavy atom. The Hall–Kier alpha value is -3.50. The summed E-state index contributed by atoms with van der Waals surface area (Å²) in [4.78, 5) is 15.2. The van der Waals surface area contributed by atoms with Gasteiger partial charge in [-0.3, -0.25) is 9.20 Å². The maximum Gasteiger partial charge on any atom is 0.255 e. The van der Waals surface area contributed by atoms with Crippen LogP contribution in [0.1, 0.15) is 5.56 Å². The van der Waals surface area contributed by atoms with E-state index in [2.05, 4.69) is 16.3 Å². The van der Waals surface area contributed by atoms with Crippen LogP contribution in [0.4, 0.5) is 5.69 Å². The summed E-state index contributed by atoms with van der Waals surface area (Å²) in [6.07, 6.45) is 1.82. The third-order valence-electron chi connectivity index (χ3n) is 5.25. The van der Waals surface area contributed by atoms with Crippen molar-refractivity contribution in [2.75, 3.05) is 45.3 Å². The zero-order valence-electron chi connectivity index (χ0n) is 16.4. The van der Waals surface area contributed by atoms with Crippen LogP contribution in [0.2, 0.25) is 0 Å². The Balaban J connectivity index is 1.87. The number of aromatic nitrogens is 1. The number of hydrogen-bond acceptors (Lipinski definition) is 6. The number of anilines is 1. The minimum absolute atomic E-state index is 0.180. The lowest BCUT2D eigenvalue weighted by molar-refractivity contribution is 0.355. The van der Waals surface area contributed by atoms with E-state index in [1.165, 1.54) is 6.07 Å². The van der Waals surface area contributed by atoms with E-state index in [-0.39, 0.29) is 5.56 Å². The third kappa shape index (κ3) is 3.39. The number of rotatable bonds is 4. The average molecular weight is 390 g/mol. The maximum atomic E-state index is 12.9. The summed E-state index contributed by atoms with van der Waals surface area (Å²) in [5.74, 6) is 1.14. The minimum Gasteiger partial charge on any atom is -0.493 e. The Kier molecular flexibility index (Phi) is 5.10. The number of nitriles is 1. The highest BCUT2D eigenvalue weighted by molar-refractivity contribution is 5.80. The van der Waals surface area contributed by atoms with Crippen LogP contribution < -0.4 is 25.2 Å². The summed E-state index contributed by atoms with van der Waals surface area (Å²) in [6.45, 7) is 3.59. The first-order chi connectivity index (χ1) is 14.2. The molecule has 4 rings (SSSR count). The second-order valence-corrected chi connectivity index (χ2v) is 6.83. The molecule has 2 aromatic heterocycles. The molecule has 7 heteroatoms. The largest absolute Gasteiger partial charge is 0.493 e. The Morgan fingerprint density at radius 3 is 2.48 bits per heavy atom. The Labute approximate surface area is 168 Å². The van der Waals surface area contributed by atoms with Crippen molar-refractivity contribution in [1.82, 2.24) is 9.72 Å². The van der Waals surface area contributed by atoms with Gasteiger partial charge in [0.1, 0.15) is 6.07 Å². The quantitative estimate of drug-likeness (QED) is 0.736. The van der Waals surface area contributed by atoms with Crippen molar-refractivity contribution in [3.8, 4) is 28.7 Å². The van der Waals surface area contributed by atoms with Gasteiger partial charge in [0.2, 0.25) is 0 Å². The zero-order valence-corrected chi connectivity index (χ0v) is 16.4. The number of ether oxygens (including phenoxy) is 2. The predicted molar refractivity (Wildman–Crippen MR) is 112 cm³/mol. The fourth-order valence-electron chi connectivity index (χ4n) is 3.74. The molecule has 0 saturated carbocycles. The lowest BCUT2D eigenvalue weighted by atomic mass is 9.99. The summed E-state index contributed by atoms with van der Waals surface area (Å²) in [5, 5.41) is 13.2. The fraction of sp³-hybridized carbons (Fsp3) is 0.273. The molecular formula is C22H22N4O3. The number of nitrogens with zero attached hydrogens (tertiary/aromatic N) is 3. The van der Waals surface area contributed by atoms with Crippen LogP contribution in [-0.2, 0) is 0 Å². The number of piperazine rings is 1. The van der Waals surface area contributed by atoms with Gasteiger partial charge >= 0.3 is 0 Å². The summed E-state index contributed by atoms with van der Waals surface area (Å²) in [6, 6.07) is 13.0. The van der Waals surface area contributed by atoms with Crippen molar-refractivity contribution in [1.29, 1.82) is 5.26 Å². The predicted octanol–water partition coefficient (Wildman–Crippen LogP) is 2.26. The molecular weight excluding hydrogens is 368 g/mol. The van der Waals surface area contributed by atoms with Gasteiger partial charge in [0.25, 0.3) is 5.56 Å². The molecule has 1 saturated heterocycles. The second kappa shape index (κ2) is 7.86. The van der Waals surface area contributed by atoms with E-state index in [1.807, 2.05) is 24.4 Å². The zero-order chi connectivity index (χ0) is 20.4. The van der Waals surface area contributed by atoms with E-state index in [9.17, 15) is 10.1 Å². The van der Waals surface area contributed by atoms with Gasteiger partial charge in [-0.1, -0.05) is 6.07 Å². The van der Waals surface area contributed by atoms with E-state index in [4.69, 9.17) is 9.47 Å². The summed E-state index contributed by atoms with van der Waals surface area (Å²) in [7, 11) is 3.12. The number of benzene rings is 1. The van der Waals surface area contributed by atoms with E-state index in [0.29, 0.717) is 28.1 Å². The maximum absolute atomic E-state index is 12.9. The molecule has 0 bridgehead atoms.